The van der Waals surface area contributed by atoms with E-state index >= 15 is 4.39 Å². The highest BCUT2D eigenvalue weighted by Crippen LogP contribution is 2.25. The van der Waals surface area contributed by atoms with Gasteiger partial charge in [-0.2, -0.15) is 5.26 Å². The summed E-state index contributed by atoms with van der Waals surface area (Å²) in [6.07, 6.45) is 9.17. The van der Waals surface area contributed by atoms with Crippen LogP contribution in [0.5, 0.6) is 0 Å². The summed E-state index contributed by atoms with van der Waals surface area (Å²) >= 11 is 0. The molecule has 0 aliphatic heterocycles. The summed E-state index contributed by atoms with van der Waals surface area (Å²) in [6, 6.07) is 25.2. The van der Waals surface area contributed by atoms with E-state index in [0.29, 0.717) is 23.8 Å². The minimum absolute atomic E-state index is 0.0289. The van der Waals surface area contributed by atoms with E-state index in [4.69, 9.17) is 5.26 Å². The zero-order valence-corrected chi connectivity index (χ0v) is 21.0. The molecule has 0 fully saturated rings. The van der Waals surface area contributed by atoms with Gasteiger partial charge in [0.15, 0.2) is 0 Å². The molecule has 4 aromatic carbocycles. The summed E-state index contributed by atoms with van der Waals surface area (Å²) in [4.78, 5) is 0. The fraction of sp³-hybridized carbons (Fsp3) is 0.303. The fourth-order valence-corrected chi connectivity index (χ4v) is 4.74. The van der Waals surface area contributed by atoms with Crippen LogP contribution in [0.2, 0.25) is 0 Å². The van der Waals surface area contributed by atoms with Crippen molar-refractivity contribution in [3.05, 3.63) is 118 Å². The van der Waals surface area contributed by atoms with Crippen molar-refractivity contribution in [2.24, 2.45) is 0 Å². The molecule has 0 aromatic heterocycles. The quantitative estimate of drug-likeness (QED) is 0.197. The second-order valence-electron chi connectivity index (χ2n) is 9.65. The molecule has 4 rings (SSSR count). The van der Waals surface area contributed by atoms with Crippen molar-refractivity contribution in [3.63, 3.8) is 0 Å². The predicted molar refractivity (Wildman–Crippen MR) is 144 cm³/mol. The maximum atomic E-state index is 15.2. The number of fused-ring (bicyclic) bond motifs is 1. The fourth-order valence-electron chi connectivity index (χ4n) is 4.74. The summed E-state index contributed by atoms with van der Waals surface area (Å²) in [6.45, 7) is 2.24. The molecule has 0 heterocycles. The van der Waals surface area contributed by atoms with Gasteiger partial charge in [0.05, 0.1) is 5.56 Å². The highest BCUT2D eigenvalue weighted by Gasteiger charge is 2.10. The average Bonchev–Trinajstić information content (AvgIpc) is 2.90. The van der Waals surface area contributed by atoms with Gasteiger partial charge in [-0.25, -0.2) is 8.78 Å². The van der Waals surface area contributed by atoms with E-state index < -0.39 is 5.82 Å². The van der Waals surface area contributed by atoms with Gasteiger partial charge >= 0.3 is 0 Å². The van der Waals surface area contributed by atoms with Crippen LogP contribution >= 0.6 is 0 Å². The number of nitriles is 1. The first-order valence-corrected chi connectivity index (χ1v) is 13.0. The number of aryl methyl sites for hydroxylation is 5. The molecule has 0 aliphatic rings. The highest BCUT2D eigenvalue weighted by molar-refractivity contribution is 5.84. The molecule has 3 heteroatoms. The van der Waals surface area contributed by atoms with Crippen molar-refractivity contribution < 1.29 is 8.78 Å². The number of hydrogen-bond acceptors (Lipinski definition) is 1. The molecule has 4 aromatic rings. The van der Waals surface area contributed by atoms with E-state index in [9.17, 15) is 4.39 Å². The van der Waals surface area contributed by atoms with Crippen molar-refractivity contribution in [2.75, 3.05) is 0 Å². The van der Waals surface area contributed by atoms with Crippen LogP contribution in [-0.2, 0) is 32.1 Å². The molecule has 0 saturated heterocycles. The Hall–Kier alpha value is -3.51. The summed E-state index contributed by atoms with van der Waals surface area (Å²) in [5.41, 5.74) is 5.35. The lowest BCUT2D eigenvalue weighted by Crippen LogP contribution is -1.98. The van der Waals surface area contributed by atoms with Crippen LogP contribution in [0, 0.1) is 23.0 Å². The summed E-state index contributed by atoms with van der Waals surface area (Å²) < 4.78 is 29.1. The molecule has 0 saturated carbocycles. The molecule has 0 N–H and O–H groups in total. The standard InChI is InChI=1S/C33H33F2N/c1-2-3-4-5-6-24-7-9-25(10-8-24)11-12-26-15-20-31-29(21-26)19-18-28(33(31)35)16-13-27-14-17-30(23-36)32(34)22-27/h7-10,14-15,17-22H,2-6,11-13,16H2,1H3. The van der Waals surface area contributed by atoms with Crippen molar-refractivity contribution in [2.45, 2.75) is 64.7 Å². The van der Waals surface area contributed by atoms with Crippen molar-refractivity contribution in [1.29, 1.82) is 5.26 Å². The SMILES string of the molecule is CCCCCCc1ccc(CCc2ccc3c(F)c(CCc4ccc(C#N)c(F)c4)ccc3c2)cc1. The van der Waals surface area contributed by atoms with Gasteiger partial charge in [0.25, 0.3) is 0 Å². The van der Waals surface area contributed by atoms with Gasteiger partial charge in [-0.05, 0) is 83.9 Å². The molecule has 0 bridgehead atoms. The number of hydrogen-bond donors (Lipinski definition) is 0. The first-order chi connectivity index (χ1) is 17.6. The Bertz CT molecular complexity index is 1350. The van der Waals surface area contributed by atoms with Crippen LogP contribution in [0.1, 0.15) is 66.0 Å². The second kappa shape index (κ2) is 12.5. The predicted octanol–water partition coefficient (Wildman–Crippen LogP) is 8.68. The molecule has 0 amide bonds. The summed E-state index contributed by atoms with van der Waals surface area (Å²) in [5, 5.41) is 10.4. The van der Waals surface area contributed by atoms with Gasteiger partial charge in [0.1, 0.15) is 17.7 Å². The molecule has 1 nitrogen and oxygen atoms in total. The number of halogens is 2. The molecule has 0 atom stereocenters. The Balaban J connectivity index is 1.36. The molecule has 184 valence electrons. The third kappa shape index (κ3) is 6.58. The monoisotopic (exact) mass is 481 g/mol. The van der Waals surface area contributed by atoms with E-state index in [1.807, 2.05) is 30.3 Å². The summed E-state index contributed by atoms with van der Waals surface area (Å²) in [7, 11) is 0. The van der Waals surface area contributed by atoms with Crippen LogP contribution in [0.25, 0.3) is 10.8 Å². The molecule has 0 spiro atoms. The third-order valence-corrected chi connectivity index (χ3v) is 6.98. The minimum atomic E-state index is -0.528. The van der Waals surface area contributed by atoms with Crippen LogP contribution in [0.3, 0.4) is 0 Å². The minimum Gasteiger partial charge on any atom is -0.206 e. The maximum Gasteiger partial charge on any atom is 0.141 e. The Morgan fingerprint density at radius 2 is 1.28 bits per heavy atom. The zero-order valence-electron chi connectivity index (χ0n) is 21.0. The first-order valence-electron chi connectivity index (χ1n) is 13.0. The van der Waals surface area contributed by atoms with Gasteiger partial charge < -0.3 is 0 Å². The smallest absolute Gasteiger partial charge is 0.141 e. The number of nitrogens with zero attached hydrogens (tertiary/aromatic N) is 1. The Kier molecular flexibility index (Phi) is 8.85. The van der Waals surface area contributed by atoms with Crippen LogP contribution in [0.4, 0.5) is 8.78 Å². The van der Waals surface area contributed by atoms with E-state index in [-0.39, 0.29) is 11.4 Å². The van der Waals surface area contributed by atoms with Crippen molar-refractivity contribution in [3.8, 4) is 6.07 Å². The molecule has 0 aliphatic carbocycles. The molecule has 0 radical (unpaired) electrons. The number of rotatable bonds is 11. The lowest BCUT2D eigenvalue weighted by atomic mass is 9.96. The molecular weight excluding hydrogens is 448 g/mol. The molecule has 0 unspecified atom stereocenters. The molecule has 36 heavy (non-hydrogen) atoms. The topological polar surface area (TPSA) is 23.8 Å². The van der Waals surface area contributed by atoms with E-state index in [0.717, 1.165) is 30.2 Å². The van der Waals surface area contributed by atoms with Crippen LogP contribution in [0.15, 0.2) is 72.8 Å². The highest BCUT2D eigenvalue weighted by atomic mass is 19.1. The Labute approximate surface area is 213 Å². The van der Waals surface area contributed by atoms with Crippen molar-refractivity contribution in [1.82, 2.24) is 0 Å². The second-order valence-corrected chi connectivity index (χ2v) is 9.65. The van der Waals surface area contributed by atoms with Gasteiger partial charge in [0.2, 0.25) is 0 Å². The number of unbranched alkanes of at least 4 members (excludes halogenated alkanes) is 3. The molecular formula is C33H33F2N. The van der Waals surface area contributed by atoms with E-state index in [2.05, 4.69) is 37.3 Å². The Morgan fingerprint density at radius 1 is 0.639 bits per heavy atom. The lowest BCUT2D eigenvalue weighted by molar-refractivity contribution is 0.616. The van der Waals surface area contributed by atoms with E-state index in [1.54, 1.807) is 6.07 Å². The van der Waals surface area contributed by atoms with Crippen LogP contribution in [-0.4, -0.2) is 0 Å². The average molecular weight is 482 g/mol. The van der Waals surface area contributed by atoms with Crippen LogP contribution < -0.4 is 0 Å². The third-order valence-electron chi connectivity index (χ3n) is 6.98. The van der Waals surface area contributed by atoms with Gasteiger partial charge in [-0.1, -0.05) is 86.8 Å². The largest absolute Gasteiger partial charge is 0.206 e. The lowest BCUT2D eigenvalue weighted by Gasteiger charge is -2.10. The Morgan fingerprint density at radius 3 is 2.00 bits per heavy atom. The summed E-state index contributed by atoms with van der Waals surface area (Å²) in [5.74, 6) is -0.734. The van der Waals surface area contributed by atoms with Crippen molar-refractivity contribution >= 4 is 10.8 Å². The number of benzene rings is 4. The normalized spacial score (nSPS) is 11.1. The van der Waals surface area contributed by atoms with Gasteiger partial charge in [-0.15, -0.1) is 0 Å². The van der Waals surface area contributed by atoms with Gasteiger partial charge in [0, 0.05) is 5.39 Å². The zero-order chi connectivity index (χ0) is 25.3. The first kappa shape index (κ1) is 25.6. The van der Waals surface area contributed by atoms with Gasteiger partial charge in [-0.3, -0.25) is 0 Å². The maximum absolute atomic E-state index is 15.2. The van der Waals surface area contributed by atoms with E-state index in [1.165, 1.54) is 54.5 Å².